The van der Waals surface area contributed by atoms with Crippen LogP contribution in [0.15, 0.2) is 47.1 Å². The zero-order valence-corrected chi connectivity index (χ0v) is 16.2. The van der Waals surface area contributed by atoms with Crippen LogP contribution in [0.1, 0.15) is 20.7 Å². The van der Waals surface area contributed by atoms with Crippen LogP contribution in [0.2, 0.25) is 0 Å². The van der Waals surface area contributed by atoms with Crippen LogP contribution in [0.25, 0.3) is 10.9 Å². The molecule has 0 unspecified atom stereocenters. The Hall–Kier alpha value is -3.13. The van der Waals surface area contributed by atoms with Gasteiger partial charge in [-0.15, -0.1) is 0 Å². The van der Waals surface area contributed by atoms with Gasteiger partial charge < -0.3 is 20.5 Å². The highest BCUT2D eigenvalue weighted by atomic mass is 79.9. The summed E-state index contributed by atoms with van der Waals surface area (Å²) < 4.78 is 11.4. The van der Waals surface area contributed by atoms with E-state index >= 15 is 0 Å². The average molecular weight is 430 g/mol. The smallest absolute Gasteiger partial charge is 0.255 e. The van der Waals surface area contributed by atoms with E-state index in [2.05, 4.69) is 26.2 Å². The third-order valence-electron chi connectivity index (χ3n) is 3.96. The summed E-state index contributed by atoms with van der Waals surface area (Å²) in [6.45, 7) is 0. The fourth-order valence-corrected chi connectivity index (χ4v) is 3.06. The number of nitrogens with zero attached hydrogens (tertiary/aromatic N) is 1. The maximum atomic E-state index is 12.7. The predicted molar refractivity (Wildman–Crippen MR) is 105 cm³/mol. The summed E-state index contributed by atoms with van der Waals surface area (Å²) in [5, 5.41) is 3.28. The summed E-state index contributed by atoms with van der Waals surface area (Å²) >= 11 is 3.33. The standard InChI is InChI=1S/C19H16BrN3O4/c1-26-15-7-12-14(8-16(15)27-2)22-9-13(18(21)24)17(12)23-19(25)10-4-3-5-11(20)6-10/h3-9H,1-2H3,(H2,21,24)(H,22,23,25). The third kappa shape index (κ3) is 3.70. The first-order valence-corrected chi connectivity index (χ1v) is 8.65. The molecule has 0 saturated carbocycles. The number of methoxy groups -OCH3 is 2. The average Bonchev–Trinajstić information content (AvgIpc) is 2.66. The number of amides is 2. The quantitative estimate of drug-likeness (QED) is 0.646. The number of halogens is 1. The highest BCUT2D eigenvalue weighted by Crippen LogP contribution is 2.36. The van der Waals surface area contributed by atoms with Crippen molar-refractivity contribution in [1.29, 1.82) is 0 Å². The van der Waals surface area contributed by atoms with Gasteiger partial charge in [0.05, 0.1) is 31.0 Å². The number of nitrogens with one attached hydrogen (secondary N) is 1. The van der Waals surface area contributed by atoms with Crippen LogP contribution in [0.3, 0.4) is 0 Å². The maximum Gasteiger partial charge on any atom is 0.255 e. The van der Waals surface area contributed by atoms with Crippen LogP contribution >= 0.6 is 15.9 Å². The molecule has 8 heteroatoms. The van der Waals surface area contributed by atoms with Crippen LogP contribution in [0.5, 0.6) is 11.5 Å². The molecule has 2 aromatic carbocycles. The fourth-order valence-electron chi connectivity index (χ4n) is 2.66. The Bertz CT molecular complexity index is 1050. The van der Waals surface area contributed by atoms with Gasteiger partial charge in [0, 0.05) is 27.7 Å². The number of aromatic nitrogens is 1. The third-order valence-corrected chi connectivity index (χ3v) is 4.46. The van der Waals surface area contributed by atoms with E-state index in [0.717, 1.165) is 4.47 Å². The Morgan fingerprint density at radius 3 is 2.44 bits per heavy atom. The Morgan fingerprint density at radius 1 is 1.11 bits per heavy atom. The summed E-state index contributed by atoms with van der Waals surface area (Å²) in [6.07, 6.45) is 1.33. The van der Waals surface area contributed by atoms with Crippen molar-refractivity contribution >= 4 is 44.3 Å². The number of fused-ring (bicyclic) bond motifs is 1. The number of ether oxygens (including phenoxy) is 2. The van der Waals surface area contributed by atoms with Gasteiger partial charge in [-0.05, 0) is 24.3 Å². The largest absolute Gasteiger partial charge is 0.493 e. The van der Waals surface area contributed by atoms with E-state index in [-0.39, 0.29) is 17.2 Å². The normalized spacial score (nSPS) is 10.5. The number of carbonyl (C=O) groups is 2. The molecule has 0 bridgehead atoms. The monoisotopic (exact) mass is 429 g/mol. The summed E-state index contributed by atoms with van der Waals surface area (Å²) in [5.41, 5.74) is 6.77. The summed E-state index contributed by atoms with van der Waals surface area (Å²) in [5.74, 6) is -0.176. The Kier molecular flexibility index (Phi) is 5.27. The van der Waals surface area contributed by atoms with Gasteiger partial charge in [-0.2, -0.15) is 0 Å². The summed E-state index contributed by atoms with van der Waals surface area (Å²) in [4.78, 5) is 28.8. The molecule has 1 aromatic heterocycles. The Labute approximate surface area is 163 Å². The highest BCUT2D eigenvalue weighted by molar-refractivity contribution is 9.10. The van der Waals surface area contributed by atoms with E-state index in [1.807, 2.05) is 6.07 Å². The van der Waals surface area contributed by atoms with Crippen molar-refractivity contribution in [2.24, 2.45) is 5.73 Å². The van der Waals surface area contributed by atoms with Crippen molar-refractivity contribution in [1.82, 2.24) is 4.98 Å². The van der Waals surface area contributed by atoms with E-state index in [0.29, 0.717) is 28.0 Å². The van der Waals surface area contributed by atoms with Crippen molar-refractivity contribution in [2.75, 3.05) is 19.5 Å². The highest BCUT2D eigenvalue weighted by Gasteiger charge is 2.19. The first-order valence-electron chi connectivity index (χ1n) is 7.86. The summed E-state index contributed by atoms with van der Waals surface area (Å²) in [7, 11) is 3.01. The van der Waals surface area contributed by atoms with Gasteiger partial charge in [0.2, 0.25) is 0 Å². The van der Waals surface area contributed by atoms with Crippen LogP contribution in [0.4, 0.5) is 5.69 Å². The zero-order valence-electron chi connectivity index (χ0n) is 14.6. The van der Waals surface area contributed by atoms with Gasteiger partial charge in [0.25, 0.3) is 11.8 Å². The molecule has 2 amide bonds. The van der Waals surface area contributed by atoms with Gasteiger partial charge in [-0.25, -0.2) is 0 Å². The molecule has 0 saturated heterocycles. The molecule has 0 aliphatic heterocycles. The number of benzene rings is 2. The second-order valence-corrected chi connectivity index (χ2v) is 6.52. The Balaban J connectivity index is 2.17. The zero-order chi connectivity index (χ0) is 19.6. The van der Waals surface area contributed by atoms with E-state index in [9.17, 15) is 9.59 Å². The lowest BCUT2D eigenvalue weighted by Gasteiger charge is -2.15. The number of rotatable bonds is 5. The molecule has 3 rings (SSSR count). The molecule has 7 nitrogen and oxygen atoms in total. The molecule has 27 heavy (non-hydrogen) atoms. The van der Waals surface area contributed by atoms with Crippen molar-refractivity contribution in [3.63, 3.8) is 0 Å². The molecule has 3 N–H and O–H groups in total. The predicted octanol–water partition coefficient (Wildman–Crippen LogP) is 3.37. The topological polar surface area (TPSA) is 104 Å². The molecule has 0 atom stereocenters. The van der Waals surface area contributed by atoms with Gasteiger partial charge in [-0.1, -0.05) is 22.0 Å². The number of hydrogen-bond donors (Lipinski definition) is 2. The number of primary amides is 1. The van der Waals surface area contributed by atoms with Crippen LogP contribution < -0.4 is 20.5 Å². The number of carbonyl (C=O) groups excluding carboxylic acids is 2. The lowest BCUT2D eigenvalue weighted by Crippen LogP contribution is -2.19. The number of hydrogen-bond acceptors (Lipinski definition) is 5. The number of pyridine rings is 1. The molecule has 0 aliphatic rings. The fraction of sp³-hybridized carbons (Fsp3) is 0.105. The van der Waals surface area contributed by atoms with Crippen LogP contribution in [-0.4, -0.2) is 31.0 Å². The lowest BCUT2D eigenvalue weighted by atomic mass is 10.1. The maximum absolute atomic E-state index is 12.7. The molecule has 0 spiro atoms. The summed E-state index contributed by atoms with van der Waals surface area (Å²) in [6, 6.07) is 10.2. The second kappa shape index (κ2) is 7.63. The first-order chi connectivity index (χ1) is 12.9. The minimum absolute atomic E-state index is 0.0954. The van der Waals surface area contributed by atoms with Gasteiger partial charge in [0.1, 0.15) is 0 Å². The van der Waals surface area contributed by atoms with Crippen molar-refractivity contribution in [3.8, 4) is 11.5 Å². The minimum atomic E-state index is -0.705. The van der Waals surface area contributed by atoms with Gasteiger partial charge in [0.15, 0.2) is 11.5 Å². The van der Waals surface area contributed by atoms with Gasteiger partial charge >= 0.3 is 0 Å². The van der Waals surface area contributed by atoms with Gasteiger partial charge in [-0.3, -0.25) is 14.6 Å². The van der Waals surface area contributed by atoms with E-state index in [4.69, 9.17) is 15.2 Å². The van der Waals surface area contributed by atoms with Crippen LogP contribution in [0, 0.1) is 0 Å². The van der Waals surface area contributed by atoms with Crippen molar-refractivity contribution < 1.29 is 19.1 Å². The molecule has 0 radical (unpaired) electrons. The molecular weight excluding hydrogens is 414 g/mol. The first kappa shape index (κ1) is 18.7. The lowest BCUT2D eigenvalue weighted by molar-refractivity contribution is 0.100. The van der Waals surface area contributed by atoms with E-state index in [1.165, 1.54) is 20.4 Å². The Morgan fingerprint density at radius 2 is 1.81 bits per heavy atom. The molecule has 0 aliphatic carbocycles. The SMILES string of the molecule is COc1cc2ncc(C(N)=O)c(NC(=O)c3cccc(Br)c3)c2cc1OC. The molecular formula is C19H16BrN3O4. The van der Waals surface area contributed by atoms with Crippen molar-refractivity contribution in [2.45, 2.75) is 0 Å². The number of nitrogens with two attached hydrogens (primary N) is 1. The molecule has 138 valence electrons. The van der Waals surface area contributed by atoms with E-state index in [1.54, 1.807) is 30.3 Å². The minimum Gasteiger partial charge on any atom is -0.493 e. The molecule has 3 aromatic rings. The van der Waals surface area contributed by atoms with Crippen molar-refractivity contribution in [3.05, 3.63) is 58.2 Å². The molecule has 0 fully saturated rings. The second-order valence-electron chi connectivity index (χ2n) is 5.60. The number of anilines is 1. The van der Waals surface area contributed by atoms with Crippen LogP contribution in [-0.2, 0) is 0 Å². The van der Waals surface area contributed by atoms with E-state index < -0.39 is 5.91 Å². The molecule has 1 heterocycles.